The molecule has 0 aromatic carbocycles. The van der Waals surface area contributed by atoms with Crippen LogP contribution in [0, 0.1) is 34.5 Å². The molecule has 3 saturated carbocycles. The zero-order chi connectivity index (χ0) is 17.1. The van der Waals surface area contributed by atoms with Crippen LogP contribution in [0.3, 0.4) is 0 Å². The number of carbonyl (C=O) groups excluding carboxylic acids is 2. The van der Waals surface area contributed by atoms with Crippen molar-refractivity contribution < 1.29 is 14.3 Å². The first-order chi connectivity index (χ1) is 11.4. The van der Waals surface area contributed by atoms with Crippen LogP contribution in [0.5, 0.6) is 0 Å². The van der Waals surface area contributed by atoms with Gasteiger partial charge in [-0.2, -0.15) is 0 Å². The minimum Gasteiger partial charge on any atom is -0.469 e. The molecule has 0 aliphatic heterocycles. The predicted molar refractivity (Wildman–Crippen MR) is 92.2 cm³/mol. The monoisotopic (exact) mass is 330 g/mol. The summed E-state index contributed by atoms with van der Waals surface area (Å²) in [4.78, 5) is 24.8. The van der Waals surface area contributed by atoms with Gasteiger partial charge in [-0.05, 0) is 61.7 Å². The highest BCUT2D eigenvalue weighted by atomic mass is 16.5. The Bertz CT molecular complexity index is 606. The molecule has 0 saturated heterocycles. The zero-order valence-corrected chi connectivity index (χ0v) is 15.3. The lowest BCUT2D eigenvalue weighted by Crippen LogP contribution is -2.51. The van der Waals surface area contributed by atoms with E-state index in [1.54, 1.807) is 0 Å². The van der Waals surface area contributed by atoms with Crippen LogP contribution in [0.15, 0.2) is 11.6 Å². The summed E-state index contributed by atoms with van der Waals surface area (Å²) >= 11 is 0. The molecular formula is C21H30O3. The summed E-state index contributed by atoms with van der Waals surface area (Å²) in [6, 6.07) is 0. The molecule has 0 unspecified atom stereocenters. The highest BCUT2D eigenvalue weighted by Crippen LogP contribution is 2.64. The smallest absolute Gasteiger partial charge is 0.312 e. The number of esters is 1. The summed E-state index contributed by atoms with van der Waals surface area (Å²) in [5, 5.41) is 0. The molecule has 0 bridgehead atoms. The Morgan fingerprint density at radius 3 is 2.62 bits per heavy atom. The van der Waals surface area contributed by atoms with E-state index in [-0.39, 0.29) is 22.7 Å². The highest BCUT2D eigenvalue weighted by Gasteiger charge is 2.59. The van der Waals surface area contributed by atoms with Crippen LogP contribution < -0.4 is 0 Å². The van der Waals surface area contributed by atoms with Gasteiger partial charge in [0, 0.05) is 11.8 Å². The number of fused-ring (bicyclic) bond motifs is 5. The summed E-state index contributed by atoms with van der Waals surface area (Å²) in [6.45, 7) is 4.62. The Hall–Kier alpha value is -1.12. The van der Waals surface area contributed by atoms with Crippen molar-refractivity contribution in [2.24, 2.45) is 34.5 Å². The van der Waals surface area contributed by atoms with E-state index in [0.29, 0.717) is 23.5 Å². The molecule has 4 aliphatic carbocycles. The molecule has 0 amide bonds. The maximum atomic E-state index is 12.5. The average molecular weight is 330 g/mol. The van der Waals surface area contributed by atoms with Crippen molar-refractivity contribution in [1.82, 2.24) is 0 Å². The van der Waals surface area contributed by atoms with E-state index in [9.17, 15) is 9.59 Å². The van der Waals surface area contributed by atoms with E-state index < -0.39 is 0 Å². The molecule has 132 valence electrons. The summed E-state index contributed by atoms with van der Waals surface area (Å²) < 4.78 is 5.09. The van der Waals surface area contributed by atoms with Crippen LogP contribution in [-0.2, 0) is 14.3 Å². The van der Waals surface area contributed by atoms with E-state index in [2.05, 4.69) is 19.9 Å². The largest absolute Gasteiger partial charge is 0.469 e. The number of hydrogen-bond donors (Lipinski definition) is 0. The van der Waals surface area contributed by atoms with Gasteiger partial charge in [-0.25, -0.2) is 0 Å². The Kier molecular flexibility index (Phi) is 3.71. The number of ether oxygens (including phenoxy) is 1. The van der Waals surface area contributed by atoms with Gasteiger partial charge in [0.2, 0.25) is 0 Å². The van der Waals surface area contributed by atoms with Gasteiger partial charge in [0.05, 0.1) is 13.0 Å². The van der Waals surface area contributed by atoms with Gasteiger partial charge in [0.15, 0.2) is 0 Å². The van der Waals surface area contributed by atoms with Crippen molar-refractivity contribution in [3.05, 3.63) is 11.6 Å². The summed E-state index contributed by atoms with van der Waals surface area (Å²) in [5.41, 5.74) is 1.42. The second-order valence-corrected chi connectivity index (χ2v) is 9.08. The van der Waals surface area contributed by atoms with Crippen molar-refractivity contribution in [2.75, 3.05) is 7.11 Å². The lowest BCUT2D eigenvalue weighted by molar-refractivity contribution is -0.146. The van der Waals surface area contributed by atoms with Gasteiger partial charge >= 0.3 is 5.97 Å². The molecular weight excluding hydrogens is 300 g/mol. The van der Waals surface area contributed by atoms with Gasteiger partial charge in [-0.3, -0.25) is 9.59 Å². The third-order valence-corrected chi connectivity index (χ3v) is 8.28. The zero-order valence-electron chi connectivity index (χ0n) is 15.3. The van der Waals surface area contributed by atoms with Crippen LogP contribution in [0.25, 0.3) is 0 Å². The average Bonchev–Trinajstić information content (AvgIpc) is 2.88. The number of allylic oxidation sites excluding steroid dienone is 1. The number of carbonyl (C=O) groups is 2. The number of methoxy groups -OCH3 is 1. The molecule has 6 atom stereocenters. The molecule has 0 spiro atoms. The van der Waals surface area contributed by atoms with Gasteiger partial charge in [0.1, 0.15) is 5.78 Å². The van der Waals surface area contributed by atoms with Gasteiger partial charge < -0.3 is 4.74 Å². The van der Waals surface area contributed by atoms with Crippen LogP contribution in [0.4, 0.5) is 0 Å². The normalized spacial score (nSPS) is 47.3. The molecule has 3 heteroatoms. The van der Waals surface area contributed by atoms with Crippen molar-refractivity contribution in [3.63, 3.8) is 0 Å². The first-order valence-electron chi connectivity index (χ1n) is 9.73. The first-order valence-corrected chi connectivity index (χ1v) is 9.73. The Morgan fingerprint density at radius 2 is 1.88 bits per heavy atom. The third kappa shape index (κ3) is 2.02. The second kappa shape index (κ2) is 5.44. The lowest BCUT2D eigenvalue weighted by atomic mass is 9.47. The van der Waals surface area contributed by atoms with E-state index in [0.717, 1.165) is 44.9 Å². The van der Waals surface area contributed by atoms with E-state index in [4.69, 9.17) is 4.74 Å². The van der Waals surface area contributed by atoms with Crippen LogP contribution in [0.2, 0.25) is 0 Å². The fourth-order valence-electron chi connectivity index (χ4n) is 6.97. The fraction of sp³-hybridized carbons (Fsp3) is 0.810. The van der Waals surface area contributed by atoms with Gasteiger partial charge in [-0.1, -0.05) is 31.9 Å². The number of hydrogen-bond acceptors (Lipinski definition) is 3. The number of rotatable bonds is 1. The van der Waals surface area contributed by atoms with E-state index in [1.165, 1.54) is 19.1 Å². The van der Waals surface area contributed by atoms with Crippen molar-refractivity contribution in [2.45, 2.75) is 65.2 Å². The minimum atomic E-state index is -0.0702. The molecule has 0 aromatic rings. The summed E-state index contributed by atoms with van der Waals surface area (Å²) in [6.07, 6.45) is 10.7. The Morgan fingerprint density at radius 1 is 1.12 bits per heavy atom. The maximum absolute atomic E-state index is 12.5. The third-order valence-electron chi connectivity index (χ3n) is 8.28. The number of Topliss-reactive ketones (excluding diaryl/α,β-unsaturated/α-hetero) is 1. The molecule has 0 N–H and O–H groups in total. The highest BCUT2D eigenvalue weighted by molar-refractivity contribution is 5.87. The van der Waals surface area contributed by atoms with E-state index in [1.807, 2.05) is 0 Å². The standard InChI is InChI=1S/C21H30O3/c1-20-11-4-5-14(19(23)24-3)16(20)7-6-13-15-8-9-18(22)21(15,2)12-10-17(13)20/h7,13-15,17H,4-6,8-12H2,1-3H3/t13-,14+,15-,17-,20-,21-/m0/s1. The maximum Gasteiger partial charge on any atom is 0.312 e. The van der Waals surface area contributed by atoms with Crippen LogP contribution >= 0.6 is 0 Å². The Balaban J connectivity index is 1.70. The van der Waals surface area contributed by atoms with Crippen molar-refractivity contribution in [1.29, 1.82) is 0 Å². The Labute approximate surface area is 145 Å². The van der Waals surface area contributed by atoms with Crippen molar-refractivity contribution in [3.8, 4) is 0 Å². The van der Waals surface area contributed by atoms with Crippen molar-refractivity contribution >= 4 is 11.8 Å². The summed E-state index contributed by atoms with van der Waals surface area (Å²) in [7, 11) is 1.51. The molecule has 4 aliphatic rings. The predicted octanol–water partition coefficient (Wildman–Crippen LogP) is 4.31. The van der Waals surface area contributed by atoms with Crippen LogP contribution in [0.1, 0.15) is 65.2 Å². The SMILES string of the molecule is COC(=O)[C@@H]1CCC[C@@]2(C)C1=CC[C@@H]1[C@@H]2CC[C@]2(C)C(=O)CC[C@@H]12. The quantitative estimate of drug-likeness (QED) is 0.531. The van der Waals surface area contributed by atoms with Gasteiger partial charge in [0.25, 0.3) is 0 Å². The van der Waals surface area contributed by atoms with E-state index >= 15 is 0 Å². The summed E-state index contributed by atoms with van der Waals surface area (Å²) in [5.74, 6) is 2.23. The first kappa shape index (κ1) is 16.4. The topological polar surface area (TPSA) is 43.4 Å². The number of ketones is 1. The lowest BCUT2D eigenvalue weighted by Gasteiger charge is -2.57. The van der Waals surface area contributed by atoms with Crippen LogP contribution in [-0.4, -0.2) is 18.9 Å². The fourth-order valence-corrected chi connectivity index (χ4v) is 6.97. The molecule has 4 rings (SSSR count). The van der Waals surface area contributed by atoms with Gasteiger partial charge in [-0.15, -0.1) is 0 Å². The molecule has 3 nitrogen and oxygen atoms in total. The molecule has 0 heterocycles. The molecule has 24 heavy (non-hydrogen) atoms. The molecule has 0 radical (unpaired) electrons. The molecule has 3 fully saturated rings. The molecule has 0 aromatic heterocycles. The second-order valence-electron chi connectivity index (χ2n) is 9.08. The minimum absolute atomic E-state index is 0.0341.